The smallest absolute Gasteiger partial charge is 0.258 e. The zero-order valence-corrected chi connectivity index (χ0v) is 15.1. The normalized spacial score (nSPS) is 13.9. The molecule has 3 aromatic rings. The Morgan fingerprint density at radius 1 is 1.08 bits per heavy atom. The fourth-order valence-corrected chi connectivity index (χ4v) is 3.77. The first-order valence-corrected chi connectivity index (χ1v) is 9.12. The first-order chi connectivity index (χ1) is 12.1. The maximum atomic E-state index is 12.9. The summed E-state index contributed by atoms with van der Waals surface area (Å²) in [6, 6.07) is 15.2. The molecule has 1 aliphatic rings. The molecule has 3 nitrogen and oxygen atoms in total. The zero-order chi connectivity index (χ0) is 17.6. The van der Waals surface area contributed by atoms with Gasteiger partial charge in [-0.2, -0.15) is 0 Å². The number of amides is 1. The van der Waals surface area contributed by atoms with Gasteiger partial charge < -0.3 is 9.47 Å². The van der Waals surface area contributed by atoms with Crippen molar-refractivity contribution < 1.29 is 4.79 Å². The van der Waals surface area contributed by atoms with Gasteiger partial charge in [0.15, 0.2) is 0 Å². The maximum absolute atomic E-state index is 12.9. The Morgan fingerprint density at radius 3 is 2.68 bits per heavy atom. The van der Waals surface area contributed by atoms with Gasteiger partial charge >= 0.3 is 0 Å². The molecule has 0 saturated heterocycles. The largest absolute Gasteiger partial charge is 0.345 e. The van der Waals surface area contributed by atoms with E-state index in [0.29, 0.717) is 12.6 Å². The Kier molecular flexibility index (Phi) is 3.87. The molecule has 1 amide bonds. The molecule has 0 radical (unpaired) electrons. The minimum Gasteiger partial charge on any atom is -0.345 e. The lowest BCUT2D eigenvalue weighted by atomic mass is 10.0. The van der Waals surface area contributed by atoms with Crippen molar-refractivity contribution in [3.8, 4) is 0 Å². The van der Waals surface area contributed by atoms with Crippen molar-refractivity contribution >= 4 is 22.5 Å². The van der Waals surface area contributed by atoms with Crippen LogP contribution >= 0.6 is 0 Å². The quantitative estimate of drug-likeness (QED) is 0.633. The van der Waals surface area contributed by atoms with Gasteiger partial charge in [0.1, 0.15) is 0 Å². The molecule has 1 aliphatic heterocycles. The maximum Gasteiger partial charge on any atom is 0.258 e. The van der Waals surface area contributed by atoms with E-state index in [4.69, 9.17) is 0 Å². The third-order valence-corrected chi connectivity index (χ3v) is 5.09. The van der Waals surface area contributed by atoms with Gasteiger partial charge in [0.25, 0.3) is 5.91 Å². The predicted molar refractivity (Wildman–Crippen MR) is 103 cm³/mol. The second-order valence-electron chi connectivity index (χ2n) is 7.19. The molecule has 4 rings (SSSR count). The van der Waals surface area contributed by atoms with E-state index in [1.807, 2.05) is 4.90 Å². The number of aromatic nitrogens is 1. The number of hydrogen-bond donors (Lipinski definition) is 0. The van der Waals surface area contributed by atoms with Gasteiger partial charge in [0, 0.05) is 34.4 Å². The first-order valence-electron chi connectivity index (χ1n) is 9.12. The van der Waals surface area contributed by atoms with Crippen LogP contribution in [-0.2, 0) is 13.0 Å². The van der Waals surface area contributed by atoms with E-state index in [-0.39, 0.29) is 5.91 Å². The lowest BCUT2D eigenvalue weighted by Gasteiger charge is -2.16. The molecule has 0 N–H and O–H groups in total. The molecule has 2 heterocycles. The van der Waals surface area contributed by atoms with Crippen LogP contribution in [0.3, 0.4) is 0 Å². The molecule has 2 aromatic carbocycles. The number of nitrogens with zero attached hydrogens (tertiary/aromatic N) is 2. The molecule has 0 bridgehead atoms. The number of anilines is 1. The van der Waals surface area contributed by atoms with Crippen LogP contribution < -0.4 is 4.90 Å². The molecule has 0 saturated carbocycles. The number of rotatable bonds is 4. The highest BCUT2D eigenvalue weighted by molar-refractivity contribution is 6.10. The Balaban J connectivity index is 1.69. The van der Waals surface area contributed by atoms with Crippen molar-refractivity contribution in [3.63, 3.8) is 0 Å². The van der Waals surface area contributed by atoms with Crippen molar-refractivity contribution in [2.45, 2.75) is 46.2 Å². The van der Waals surface area contributed by atoms with Crippen LogP contribution in [0, 0.1) is 0 Å². The summed E-state index contributed by atoms with van der Waals surface area (Å²) < 4.78 is 2.26. The highest BCUT2D eigenvalue weighted by Crippen LogP contribution is 2.32. The molecule has 0 aliphatic carbocycles. The molecule has 0 spiro atoms. The van der Waals surface area contributed by atoms with Crippen molar-refractivity contribution in [1.29, 1.82) is 0 Å². The second-order valence-corrected chi connectivity index (χ2v) is 7.19. The molecule has 3 heteroatoms. The van der Waals surface area contributed by atoms with Crippen LogP contribution in [0.1, 0.15) is 54.7 Å². The van der Waals surface area contributed by atoms with Gasteiger partial charge in [-0.15, -0.1) is 0 Å². The Bertz CT molecular complexity index is 952. The van der Waals surface area contributed by atoms with Gasteiger partial charge in [-0.3, -0.25) is 4.79 Å². The fraction of sp³-hybridized carbons (Fsp3) is 0.318. The van der Waals surface area contributed by atoms with Crippen LogP contribution in [0.2, 0.25) is 0 Å². The summed E-state index contributed by atoms with van der Waals surface area (Å²) >= 11 is 0. The van der Waals surface area contributed by atoms with E-state index in [1.165, 1.54) is 16.5 Å². The lowest BCUT2D eigenvalue weighted by molar-refractivity contribution is 0.0996. The molecule has 128 valence electrons. The Labute approximate surface area is 148 Å². The topological polar surface area (TPSA) is 25.2 Å². The summed E-state index contributed by atoms with van der Waals surface area (Å²) in [7, 11) is 0. The highest BCUT2D eigenvalue weighted by Gasteiger charge is 2.28. The lowest BCUT2D eigenvalue weighted by Crippen LogP contribution is -2.22. The van der Waals surface area contributed by atoms with Gasteiger partial charge in [-0.1, -0.05) is 25.5 Å². The van der Waals surface area contributed by atoms with Gasteiger partial charge in [-0.25, -0.2) is 0 Å². The van der Waals surface area contributed by atoms with Crippen molar-refractivity contribution in [2.24, 2.45) is 0 Å². The first kappa shape index (κ1) is 15.9. The molecule has 0 fully saturated rings. The summed E-state index contributed by atoms with van der Waals surface area (Å²) in [5, 5.41) is 1.18. The standard InChI is InChI=1S/C22H24N2O/c1-4-5-16-6-7-18-14-24(22(25)20(18)12-16)19-8-9-21-17(13-19)10-11-23(21)15(2)3/h6-13,15H,4-5,14H2,1-3H3. The summed E-state index contributed by atoms with van der Waals surface area (Å²) in [5.74, 6) is 0.121. The number of fused-ring (bicyclic) bond motifs is 2. The van der Waals surface area contributed by atoms with Crippen molar-refractivity contribution in [1.82, 2.24) is 4.57 Å². The Morgan fingerprint density at radius 2 is 1.92 bits per heavy atom. The third kappa shape index (κ3) is 2.64. The van der Waals surface area contributed by atoms with Crippen molar-refractivity contribution in [2.75, 3.05) is 4.90 Å². The number of aryl methyl sites for hydroxylation is 1. The minimum atomic E-state index is 0.121. The molecule has 0 atom stereocenters. The van der Waals surface area contributed by atoms with Gasteiger partial charge in [0.2, 0.25) is 0 Å². The van der Waals surface area contributed by atoms with E-state index >= 15 is 0 Å². The summed E-state index contributed by atoms with van der Waals surface area (Å²) in [6.45, 7) is 7.20. The van der Waals surface area contributed by atoms with Crippen LogP contribution in [0.15, 0.2) is 48.7 Å². The summed E-state index contributed by atoms with van der Waals surface area (Å²) in [6.07, 6.45) is 4.24. The van der Waals surface area contributed by atoms with Gasteiger partial charge in [0.05, 0.1) is 6.54 Å². The predicted octanol–water partition coefficient (Wildman–Crippen LogP) is 5.34. The van der Waals surface area contributed by atoms with E-state index < -0.39 is 0 Å². The van der Waals surface area contributed by atoms with Crippen LogP contribution in [0.5, 0.6) is 0 Å². The number of carbonyl (C=O) groups is 1. The van der Waals surface area contributed by atoms with Crippen LogP contribution in [0.4, 0.5) is 5.69 Å². The van der Waals surface area contributed by atoms with E-state index in [0.717, 1.165) is 29.7 Å². The number of hydrogen-bond acceptors (Lipinski definition) is 1. The second kappa shape index (κ2) is 6.07. The monoisotopic (exact) mass is 332 g/mol. The highest BCUT2D eigenvalue weighted by atomic mass is 16.2. The average Bonchev–Trinajstić information content (AvgIpc) is 3.16. The molecule has 25 heavy (non-hydrogen) atoms. The molecule has 0 unspecified atom stereocenters. The summed E-state index contributed by atoms with van der Waals surface area (Å²) in [5.41, 5.74) is 5.44. The summed E-state index contributed by atoms with van der Waals surface area (Å²) in [4.78, 5) is 14.8. The Hall–Kier alpha value is -2.55. The van der Waals surface area contributed by atoms with Crippen LogP contribution in [0.25, 0.3) is 10.9 Å². The van der Waals surface area contributed by atoms with Crippen molar-refractivity contribution in [3.05, 3.63) is 65.4 Å². The van der Waals surface area contributed by atoms with E-state index in [9.17, 15) is 4.79 Å². The van der Waals surface area contributed by atoms with E-state index in [2.05, 4.69) is 74.0 Å². The fourth-order valence-electron chi connectivity index (χ4n) is 3.77. The average molecular weight is 332 g/mol. The number of benzene rings is 2. The molecule has 1 aromatic heterocycles. The van der Waals surface area contributed by atoms with Gasteiger partial charge in [-0.05, 0) is 61.7 Å². The zero-order valence-electron chi connectivity index (χ0n) is 15.1. The molecular formula is C22H24N2O. The molecular weight excluding hydrogens is 308 g/mol. The van der Waals surface area contributed by atoms with Crippen LogP contribution in [-0.4, -0.2) is 10.5 Å². The minimum absolute atomic E-state index is 0.121. The SMILES string of the molecule is CCCc1ccc2c(c1)C(=O)N(c1ccc3c(ccn3C(C)C)c1)C2. The number of carbonyl (C=O) groups excluding carboxylic acids is 1. The third-order valence-electron chi connectivity index (χ3n) is 5.09. The van der Waals surface area contributed by atoms with E-state index in [1.54, 1.807) is 0 Å².